The van der Waals surface area contributed by atoms with Gasteiger partial charge in [0.15, 0.2) is 5.17 Å². The maximum absolute atomic E-state index is 12.4. The SMILES string of the molecule is CN1C(=O)C(=Cc2cc(Br)ccc2O)N=C1SCC(=O)NCc1ccco1. The van der Waals surface area contributed by atoms with Crippen LogP contribution in [0.4, 0.5) is 0 Å². The summed E-state index contributed by atoms with van der Waals surface area (Å²) in [6, 6.07) is 8.45. The first-order valence-electron chi connectivity index (χ1n) is 7.93. The molecule has 2 N–H and O–H groups in total. The van der Waals surface area contributed by atoms with Gasteiger partial charge in [-0.05, 0) is 36.4 Å². The molecule has 2 aromatic rings. The molecule has 0 radical (unpaired) electrons. The number of hydrogen-bond acceptors (Lipinski definition) is 6. The fourth-order valence-electron chi connectivity index (χ4n) is 2.28. The summed E-state index contributed by atoms with van der Waals surface area (Å²) >= 11 is 4.49. The summed E-state index contributed by atoms with van der Waals surface area (Å²) in [6.45, 7) is 0.307. The number of rotatable bonds is 5. The van der Waals surface area contributed by atoms with Crippen LogP contribution in [0, 0.1) is 0 Å². The molecule has 0 spiro atoms. The lowest BCUT2D eigenvalue weighted by atomic mass is 10.1. The highest BCUT2D eigenvalue weighted by molar-refractivity contribution is 9.10. The molecule has 7 nitrogen and oxygen atoms in total. The Balaban J connectivity index is 1.64. The van der Waals surface area contributed by atoms with Crippen molar-refractivity contribution in [1.82, 2.24) is 10.2 Å². The predicted molar refractivity (Wildman–Crippen MR) is 107 cm³/mol. The Morgan fingerprint density at radius 3 is 3.00 bits per heavy atom. The Bertz CT molecular complexity index is 925. The zero-order valence-electron chi connectivity index (χ0n) is 14.3. The number of halogens is 1. The smallest absolute Gasteiger partial charge is 0.278 e. The molecule has 9 heteroatoms. The van der Waals surface area contributed by atoms with Gasteiger partial charge in [-0.1, -0.05) is 27.7 Å². The van der Waals surface area contributed by atoms with Crippen LogP contribution in [-0.4, -0.2) is 39.8 Å². The molecule has 0 fully saturated rings. The van der Waals surface area contributed by atoms with Gasteiger partial charge in [0.25, 0.3) is 5.91 Å². The van der Waals surface area contributed by atoms with Gasteiger partial charge in [0.1, 0.15) is 17.2 Å². The highest BCUT2D eigenvalue weighted by atomic mass is 79.9. The third kappa shape index (κ3) is 4.81. The fourth-order valence-corrected chi connectivity index (χ4v) is 3.46. The number of hydrogen-bond donors (Lipinski definition) is 2. The first-order chi connectivity index (χ1) is 12.9. The van der Waals surface area contributed by atoms with Crippen molar-refractivity contribution in [3.63, 3.8) is 0 Å². The lowest BCUT2D eigenvalue weighted by molar-refractivity contribution is -0.121. The van der Waals surface area contributed by atoms with E-state index >= 15 is 0 Å². The van der Waals surface area contributed by atoms with Crippen LogP contribution in [0.2, 0.25) is 0 Å². The number of aromatic hydroxyl groups is 1. The van der Waals surface area contributed by atoms with Crippen molar-refractivity contribution in [2.45, 2.75) is 6.54 Å². The average molecular weight is 450 g/mol. The maximum Gasteiger partial charge on any atom is 0.278 e. The molecule has 1 aliphatic rings. The monoisotopic (exact) mass is 449 g/mol. The molecule has 0 bridgehead atoms. The molecule has 0 saturated carbocycles. The van der Waals surface area contributed by atoms with E-state index in [1.165, 1.54) is 17.0 Å². The van der Waals surface area contributed by atoms with E-state index in [1.807, 2.05) is 0 Å². The zero-order valence-corrected chi connectivity index (χ0v) is 16.7. The molecule has 140 valence electrons. The molecular weight excluding hydrogens is 434 g/mol. The number of benzene rings is 1. The zero-order chi connectivity index (χ0) is 19.4. The van der Waals surface area contributed by atoms with E-state index < -0.39 is 0 Å². The normalized spacial score (nSPS) is 15.3. The number of nitrogens with zero attached hydrogens (tertiary/aromatic N) is 2. The van der Waals surface area contributed by atoms with Crippen LogP contribution < -0.4 is 5.32 Å². The third-order valence-corrected chi connectivity index (χ3v) is 5.20. The van der Waals surface area contributed by atoms with Crippen LogP contribution >= 0.6 is 27.7 Å². The summed E-state index contributed by atoms with van der Waals surface area (Å²) in [5, 5.41) is 13.1. The molecule has 1 aromatic carbocycles. The van der Waals surface area contributed by atoms with Crippen molar-refractivity contribution < 1.29 is 19.1 Å². The quantitative estimate of drug-likeness (QED) is 0.684. The van der Waals surface area contributed by atoms with Crippen molar-refractivity contribution in [2.75, 3.05) is 12.8 Å². The molecule has 27 heavy (non-hydrogen) atoms. The van der Waals surface area contributed by atoms with E-state index in [2.05, 4.69) is 26.2 Å². The summed E-state index contributed by atoms with van der Waals surface area (Å²) in [5.41, 5.74) is 0.678. The van der Waals surface area contributed by atoms with Gasteiger partial charge in [0, 0.05) is 17.1 Å². The summed E-state index contributed by atoms with van der Waals surface area (Å²) < 4.78 is 5.93. The number of phenolic OH excluding ortho intramolecular Hbond substituents is 1. The number of amides is 2. The Morgan fingerprint density at radius 1 is 1.44 bits per heavy atom. The number of likely N-dealkylation sites (N-methyl/N-ethyl adjacent to an activating group) is 1. The van der Waals surface area contributed by atoms with Gasteiger partial charge >= 0.3 is 0 Å². The van der Waals surface area contributed by atoms with Crippen LogP contribution in [-0.2, 0) is 16.1 Å². The van der Waals surface area contributed by atoms with E-state index in [0.717, 1.165) is 16.2 Å². The molecule has 0 unspecified atom stereocenters. The van der Waals surface area contributed by atoms with Gasteiger partial charge in [-0.2, -0.15) is 0 Å². The van der Waals surface area contributed by atoms with Gasteiger partial charge < -0.3 is 14.8 Å². The first-order valence-corrected chi connectivity index (χ1v) is 9.71. The van der Waals surface area contributed by atoms with Gasteiger partial charge in [-0.15, -0.1) is 0 Å². The molecule has 0 aliphatic carbocycles. The van der Waals surface area contributed by atoms with Crippen molar-refractivity contribution in [3.05, 3.63) is 58.1 Å². The number of phenols is 1. The second kappa shape index (κ2) is 8.45. The lowest BCUT2D eigenvalue weighted by Crippen LogP contribution is -2.29. The van der Waals surface area contributed by atoms with Crippen molar-refractivity contribution in [2.24, 2.45) is 4.99 Å². The minimum atomic E-state index is -0.298. The van der Waals surface area contributed by atoms with E-state index in [9.17, 15) is 14.7 Å². The minimum Gasteiger partial charge on any atom is -0.507 e. The van der Waals surface area contributed by atoms with Crippen LogP contribution in [0.15, 0.2) is 56.2 Å². The molecule has 2 heterocycles. The number of furan rings is 1. The number of nitrogens with one attached hydrogen (secondary N) is 1. The highest BCUT2D eigenvalue weighted by Crippen LogP contribution is 2.27. The summed E-state index contributed by atoms with van der Waals surface area (Å²) in [6.07, 6.45) is 3.06. The van der Waals surface area contributed by atoms with E-state index in [4.69, 9.17) is 4.42 Å². The standard InChI is InChI=1S/C18H16BrN3O4S/c1-22-17(25)14(8-11-7-12(19)4-5-15(11)23)21-18(22)27-10-16(24)20-9-13-3-2-6-26-13/h2-8,23H,9-10H2,1H3,(H,20,24). The Hall–Kier alpha value is -2.52. The minimum absolute atomic E-state index is 0.0507. The first kappa shape index (κ1) is 19.2. The second-order valence-electron chi connectivity index (χ2n) is 5.64. The summed E-state index contributed by atoms with van der Waals surface area (Å²) in [5.74, 6) is 0.342. The number of thioether (sulfide) groups is 1. The number of carbonyl (C=O) groups is 2. The lowest BCUT2D eigenvalue weighted by Gasteiger charge is -2.10. The van der Waals surface area contributed by atoms with E-state index in [1.54, 1.807) is 37.6 Å². The summed E-state index contributed by atoms with van der Waals surface area (Å²) in [7, 11) is 1.59. The third-order valence-electron chi connectivity index (χ3n) is 3.68. The number of amidine groups is 1. The molecule has 2 amide bonds. The van der Waals surface area contributed by atoms with E-state index in [0.29, 0.717) is 23.0 Å². The molecule has 0 saturated heterocycles. The van der Waals surface area contributed by atoms with Gasteiger partial charge in [0.2, 0.25) is 5.91 Å². The fraction of sp³-hybridized carbons (Fsp3) is 0.167. The predicted octanol–water partition coefficient (Wildman–Crippen LogP) is 2.97. The van der Waals surface area contributed by atoms with Crippen molar-refractivity contribution >= 4 is 50.7 Å². The van der Waals surface area contributed by atoms with Gasteiger partial charge in [-0.3, -0.25) is 14.5 Å². The number of aliphatic imine (C=N–C) groups is 1. The molecular formula is C18H16BrN3O4S. The topological polar surface area (TPSA) is 95.1 Å². The molecule has 0 atom stereocenters. The van der Waals surface area contributed by atoms with Crippen LogP contribution in [0.25, 0.3) is 6.08 Å². The summed E-state index contributed by atoms with van der Waals surface area (Å²) in [4.78, 5) is 30.0. The van der Waals surface area contributed by atoms with Crippen molar-refractivity contribution in [3.8, 4) is 5.75 Å². The second-order valence-corrected chi connectivity index (χ2v) is 7.49. The average Bonchev–Trinajstić information content (AvgIpc) is 3.25. The Kier molecular flexibility index (Phi) is 6.02. The molecule has 3 rings (SSSR count). The Morgan fingerprint density at radius 2 is 2.26 bits per heavy atom. The molecule has 1 aliphatic heterocycles. The van der Waals surface area contributed by atoms with Crippen LogP contribution in [0.3, 0.4) is 0 Å². The maximum atomic E-state index is 12.4. The molecule has 1 aromatic heterocycles. The van der Waals surface area contributed by atoms with Gasteiger partial charge in [0.05, 0.1) is 18.6 Å². The van der Waals surface area contributed by atoms with Gasteiger partial charge in [-0.25, -0.2) is 4.99 Å². The number of carbonyl (C=O) groups excluding carboxylic acids is 2. The highest BCUT2D eigenvalue weighted by Gasteiger charge is 2.28. The largest absolute Gasteiger partial charge is 0.507 e. The van der Waals surface area contributed by atoms with Crippen LogP contribution in [0.5, 0.6) is 5.75 Å². The Labute approximate surface area is 168 Å². The van der Waals surface area contributed by atoms with Crippen LogP contribution in [0.1, 0.15) is 11.3 Å². The van der Waals surface area contributed by atoms with Crippen molar-refractivity contribution in [1.29, 1.82) is 0 Å². The van der Waals surface area contributed by atoms with E-state index in [-0.39, 0.29) is 29.0 Å².